The molecule has 8 nitrogen and oxygen atoms in total. The third-order valence-electron chi connectivity index (χ3n) is 8.92. The van der Waals surface area contributed by atoms with Crippen molar-refractivity contribution in [3.05, 3.63) is 131 Å². The minimum Gasteiger partial charge on any atom is -0.497 e. The van der Waals surface area contributed by atoms with E-state index in [4.69, 9.17) is 14.7 Å². The highest BCUT2D eigenvalue weighted by molar-refractivity contribution is 6.16. The second-order valence-electron chi connectivity index (χ2n) is 11.0. The number of methoxy groups -OCH3 is 1. The smallest absolute Gasteiger partial charge is 0.238 e. The zero-order chi connectivity index (χ0) is 30.4. The molecule has 4 aromatic rings. The molecule has 0 unspecified atom stereocenters. The summed E-state index contributed by atoms with van der Waals surface area (Å²) in [6, 6.07) is 28.8. The summed E-state index contributed by atoms with van der Waals surface area (Å²) in [5, 5.41) is 12.0. The Morgan fingerprint density at radius 1 is 0.909 bits per heavy atom. The Kier molecular flexibility index (Phi) is 6.51. The molecule has 1 spiro atoms. The molecule has 7 rings (SSSR count). The Morgan fingerprint density at radius 3 is 2.48 bits per heavy atom. The van der Waals surface area contributed by atoms with Gasteiger partial charge in [-0.15, -0.1) is 0 Å². The molecule has 0 aromatic heterocycles. The van der Waals surface area contributed by atoms with E-state index in [9.17, 15) is 14.4 Å². The molecule has 0 bridgehead atoms. The lowest BCUT2D eigenvalue weighted by molar-refractivity contribution is -0.122. The second-order valence-corrected chi connectivity index (χ2v) is 11.0. The van der Waals surface area contributed by atoms with Crippen LogP contribution in [-0.4, -0.2) is 42.1 Å². The normalized spacial score (nSPS) is 22.4. The molecule has 0 radical (unpaired) electrons. The largest absolute Gasteiger partial charge is 0.497 e. The van der Waals surface area contributed by atoms with Gasteiger partial charge in [-0.2, -0.15) is 5.26 Å². The molecule has 3 aliphatic heterocycles. The molecule has 0 saturated carbocycles. The first-order chi connectivity index (χ1) is 21.5. The van der Waals surface area contributed by atoms with Gasteiger partial charge in [-0.3, -0.25) is 14.4 Å². The number of hydrogen-bond donors (Lipinski definition) is 1. The van der Waals surface area contributed by atoms with E-state index in [0.29, 0.717) is 33.9 Å². The van der Waals surface area contributed by atoms with Crippen LogP contribution in [0, 0.1) is 17.2 Å². The molecule has 1 N–H and O–H groups in total. The first-order valence-electron chi connectivity index (χ1n) is 14.3. The molecule has 216 valence electrons. The summed E-state index contributed by atoms with van der Waals surface area (Å²) in [4.78, 5) is 46.1. The second kappa shape index (κ2) is 10.5. The number of para-hydroxylation sites is 1. The third-order valence-corrected chi connectivity index (χ3v) is 8.92. The minimum absolute atomic E-state index is 0.129. The number of nitrogens with one attached hydrogen (secondary N) is 1. The molecule has 44 heavy (non-hydrogen) atoms. The molecule has 4 aromatic carbocycles. The number of nitrogens with zero attached hydrogens (tertiary/aromatic N) is 2. The molecular weight excluding hydrogens is 554 g/mol. The molecule has 0 aliphatic carbocycles. The van der Waals surface area contributed by atoms with Crippen molar-refractivity contribution >= 4 is 29.2 Å². The number of amides is 1. The van der Waals surface area contributed by atoms with Crippen molar-refractivity contribution in [1.82, 2.24) is 4.90 Å². The lowest BCUT2D eigenvalue weighted by Gasteiger charge is -2.38. The fourth-order valence-electron chi connectivity index (χ4n) is 7.13. The zero-order valence-corrected chi connectivity index (χ0v) is 23.8. The number of nitriles is 1. The van der Waals surface area contributed by atoms with Crippen LogP contribution in [0.1, 0.15) is 43.4 Å². The summed E-state index contributed by atoms with van der Waals surface area (Å²) in [6.45, 7) is -0.129. The first-order valence-corrected chi connectivity index (χ1v) is 14.3. The summed E-state index contributed by atoms with van der Waals surface area (Å²) in [5.41, 5.74) is 2.36. The maximum atomic E-state index is 14.9. The van der Waals surface area contributed by atoms with E-state index in [2.05, 4.69) is 5.32 Å². The minimum atomic E-state index is -1.43. The number of benzene rings is 4. The van der Waals surface area contributed by atoms with Gasteiger partial charge >= 0.3 is 0 Å². The van der Waals surface area contributed by atoms with E-state index in [-0.39, 0.29) is 24.1 Å². The average Bonchev–Trinajstić information content (AvgIpc) is 3.55. The summed E-state index contributed by atoms with van der Waals surface area (Å²) in [7, 11) is 1.53. The van der Waals surface area contributed by atoms with E-state index in [1.54, 1.807) is 48.5 Å². The lowest BCUT2D eigenvalue weighted by Crippen LogP contribution is -2.49. The molecule has 4 atom stereocenters. The van der Waals surface area contributed by atoms with Gasteiger partial charge in [0.15, 0.2) is 18.2 Å². The van der Waals surface area contributed by atoms with Crippen LogP contribution in [0.4, 0.5) is 5.69 Å². The Balaban J connectivity index is 1.48. The molecular formula is C36H27N3O5. The number of hydrogen-bond acceptors (Lipinski definition) is 7. The molecule has 1 amide bonds. The number of fused-ring (bicyclic) bond motifs is 6. The van der Waals surface area contributed by atoms with Gasteiger partial charge in [-0.05, 0) is 65.2 Å². The fraction of sp³-hybridized carbons (Fsp3) is 0.167. The standard InChI is InChI=1S/C36H27N3O5/c1-43-26-9-6-8-24(21-26)33(41)31-30(32(40)23-13-15-25(16-14-23)44-20-18-37)36(28-11-4-5-12-29(28)38-35(36)42)34-27-10-3-2-7-22(27)17-19-39(31)34/h2-17,19,21,30-31,34H,20H2,1H3,(H,38,42)/t30-,31+,34+,36-/m1/s1. The van der Waals surface area contributed by atoms with Crippen molar-refractivity contribution in [1.29, 1.82) is 5.26 Å². The summed E-state index contributed by atoms with van der Waals surface area (Å²) >= 11 is 0. The number of carbonyl (C=O) groups excluding carboxylic acids is 3. The van der Waals surface area contributed by atoms with E-state index < -0.39 is 23.4 Å². The Bertz CT molecular complexity index is 1890. The summed E-state index contributed by atoms with van der Waals surface area (Å²) in [5.74, 6) is -1.11. The van der Waals surface area contributed by atoms with Crippen molar-refractivity contribution in [3.63, 3.8) is 0 Å². The van der Waals surface area contributed by atoms with Gasteiger partial charge in [0.05, 0.1) is 19.1 Å². The van der Waals surface area contributed by atoms with Gasteiger partial charge in [0, 0.05) is 23.0 Å². The van der Waals surface area contributed by atoms with Crippen molar-refractivity contribution in [2.45, 2.75) is 17.5 Å². The number of rotatable bonds is 7. The number of ether oxygens (including phenoxy) is 2. The third kappa shape index (κ3) is 3.93. The van der Waals surface area contributed by atoms with Crippen LogP contribution in [0.3, 0.4) is 0 Å². The van der Waals surface area contributed by atoms with Gasteiger partial charge < -0.3 is 19.7 Å². The van der Waals surface area contributed by atoms with Gasteiger partial charge in [-0.25, -0.2) is 0 Å². The predicted octanol–water partition coefficient (Wildman–Crippen LogP) is 5.58. The van der Waals surface area contributed by atoms with Crippen molar-refractivity contribution < 1.29 is 23.9 Å². The maximum Gasteiger partial charge on any atom is 0.238 e. The highest BCUT2D eigenvalue weighted by Crippen LogP contribution is 2.62. The van der Waals surface area contributed by atoms with E-state index in [0.717, 1.165) is 11.1 Å². The van der Waals surface area contributed by atoms with Crippen molar-refractivity contribution in [3.8, 4) is 17.6 Å². The van der Waals surface area contributed by atoms with Gasteiger partial charge in [0.2, 0.25) is 5.91 Å². The van der Waals surface area contributed by atoms with E-state index >= 15 is 0 Å². The first kappa shape index (κ1) is 27.2. The molecule has 1 fully saturated rings. The maximum absolute atomic E-state index is 14.9. The van der Waals surface area contributed by atoms with Crippen LogP contribution >= 0.6 is 0 Å². The molecule has 1 saturated heterocycles. The van der Waals surface area contributed by atoms with Crippen molar-refractivity contribution in [2.75, 3.05) is 19.0 Å². The monoisotopic (exact) mass is 581 g/mol. The number of Topliss-reactive ketones (excluding diaryl/α,β-unsaturated/α-hetero) is 2. The van der Waals surface area contributed by atoms with Crippen LogP contribution in [0.25, 0.3) is 6.08 Å². The summed E-state index contributed by atoms with van der Waals surface area (Å²) < 4.78 is 10.8. The van der Waals surface area contributed by atoms with Crippen LogP contribution in [0.15, 0.2) is 103 Å². The SMILES string of the molecule is COc1cccc(C(=O)[C@@H]2[C@H](C(=O)c3ccc(OCC#N)cc3)[C@@]3(C(=O)Nc4ccccc43)[C@@H]3c4ccccc4C=CN23)c1. The highest BCUT2D eigenvalue weighted by atomic mass is 16.5. The fourth-order valence-corrected chi connectivity index (χ4v) is 7.13. The van der Waals surface area contributed by atoms with Gasteiger partial charge in [-0.1, -0.05) is 54.6 Å². The molecule has 3 aliphatic rings. The number of anilines is 1. The average molecular weight is 582 g/mol. The highest BCUT2D eigenvalue weighted by Gasteiger charge is 2.70. The Labute approximate surface area is 254 Å². The quantitative estimate of drug-likeness (QED) is 0.284. The van der Waals surface area contributed by atoms with Gasteiger partial charge in [0.25, 0.3) is 0 Å². The lowest BCUT2D eigenvalue weighted by atomic mass is 9.62. The summed E-state index contributed by atoms with van der Waals surface area (Å²) in [6.07, 6.45) is 3.77. The number of ketones is 2. The zero-order valence-electron chi connectivity index (χ0n) is 23.8. The Morgan fingerprint density at radius 2 is 1.68 bits per heavy atom. The molecule has 8 heteroatoms. The van der Waals surface area contributed by atoms with Crippen LogP contribution in [0.2, 0.25) is 0 Å². The van der Waals surface area contributed by atoms with Crippen LogP contribution in [0.5, 0.6) is 11.5 Å². The van der Waals surface area contributed by atoms with Gasteiger partial charge in [0.1, 0.15) is 29.0 Å². The van der Waals surface area contributed by atoms with Crippen LogP contribution < -0.4 is 14.8 Å². The van der Waals surface area contributed by atoms with Crippen molar-refractivity contribution in [2.24, 2.45) is 5.92 Å². The van der Waals surface area contributed by atoms with E-state index in [1.807, 2.05) is 71.8 Å². The predicted molar refractivity (Wildman–Crippen MR) is 163 cm³/mol. The molecule has 3 heterocycles. The number of carbonyl (C=O) groups is 3. The topological polar surface area (TPSA) is 109 Å². The van der Waals surface area contributed by atoms with E-state index in [1.165, 1.54) is 7.11 Å². The Hall–Kier alpha value is -5.68. The van der Waals surface area contributed by atoms with Crippen LogP contribution in [-0.2, 0) is 10.2 Å².